The van der Waals surface area contributed by atoms with E-state index in [9.17, 15) is 15.1 Å². The topological polar surface area (TPSA) is 13.1 Å². The van der Waals surface area contributed by atoms with E-state index in [-0.39, 0.29) is 5.39 Å². The molecule has 0 amide bonds. The standard InChI is InChI=1S/C42H26O/c1-2-10-27(11-3-1)29-20-18-28-19-21-30(25-32(28)24-29)41-35-13-4-6-15-37(35)42(38-16-7-5-14-36(38)41)31-22-23-34-33-12-8-9-17-39(33)43-40(34)26-31/h1-26H/i1D,2D,3D,4D,5D,6D,7D,8D,9D,10D,11D,12D,13D,14D,15D,16D,17D,18D,19D,20D,21D,22D,23D,24D,25D,26D. The van der Waals surface area contributed by atoms with Crippen molar-refractivity contribution in [3.63, 3.8) is 0 Å². The maximum atomic E-state index is 9.72. The molecule has 0 saturated carbocycles. The van der Waals surface area contributed by atoms with Crippen LogP contribution in [0.2, 0.25) is 0 Å². The van der Waals surface area contributed by atoms with Gasteiger partial charge in [0.05, 0.1) is 35.6 Å². The molecule has 0 radical (unpaired) electrons. The number of hydrogen-bond acceptors (Lipinski definition) is 1. The van der Waals surface area contributed by atoms with Gasteiger partial charge >= 0.3 is 0 Å². The van der Waals surface area contributed by atoms with Gasteiger partial charge in [-0.2, -0.15) is 0 Å². The van der Waals surface area contributed by atoms with Crippen LogP contribution in [-0.2, 0) is 0 Å². The lowest BCUT2D eigenvalue weighted by Gasteiger charge is -2.18. The molecule has 1 heterocycles. The van der Waals surface area contributed by atoms with Gasteiger partial charge in [-0.25, -0.2) is 0 Å². The normalized spacial score (nSPS) is 20.2. The van der Waals surface area contributed by atoms with E-state index in [0.29, 0.717) is 0 Å². The van der Waals surface area contributed by atoms with Crippen molar-refractivity contribution in [1.29, 1.82) is 0 Å². The van der Waals surface area contributed by atoms with Gasteiger partial charge < -0.3 is 4.42 Å². The number of furan rings is 1. The van der Waals surface area contributed by atoms with Crippen molar-refractivity contribution in [3.8, 4) is 33.4 Å². The minimum Gasteiger partial charge on any atom is -0.456 e. The zero-order chi connectivity index (χ0) is 51.0. The Bertz CT molecular complexity index is 3860. The summed E-state index contributed by atoms with van der Waals surface area (Å²) in [6.07, 6.45) is 0. The quantitative estimate of drug-likeness (QED) is 0.192. The highest BCUT2D eigenvalue weighted by atomic mass is 16.3. The van der Waals surface area contributed by atoms with E-state index in [1.54, 1.807) is 0 Å². The molecule has 0 unspecified atom stereocenters. The van der Waals surface area contributed by atoms with E-state index >= 15 is 0 Å². The lowest BCUT2D eigenvalue weighted by atomic mass is 9.85. The van der Waals surface area contributed by atoms with Crippen LogP contribution in [0.1, 0.15) is 35.6 Å². The molecule has 43 heavy (non-hydrogen) atoms. The van der Waals surface area contributed by atoms with Crippen molar-refractivity contribution in [3.05, 3.63) is 157 Å². The first-order valence-corrected chi connectivity index (χ1v) is 12.7. The zero-order valence-corrected chi connectivity index (χ0v) is 21.4. The minimum absolute atomic E-state index is 0.367. The summed E-state index contributed by atoms with van der Waals surface area (Å²) in [5, 5.41) is -5.02. The molecule has 0 saturated heterocycles. The Hall–Kier alpha value is -5.66. The summed E-state index contributed by atoms with van der Waals surface area (Å²) in [5.74, 6) is 0. The highest BCUT2D eigenvalue weighted by Gasteiger charge is 2.18. The summed E-state index contributed by atoms with van der Waals surface area (Å²) in [7, 11) is 0. The molecule has 0 fully saturated rings. The molecular formula is C42H26O. The van der Waals surface area contributed by atoms with Gasteiger partial charge in [-0.05, 0) is 95.9 Å². The predicted octanol–water partition coefficient (Wildman–Crippen LogP) is 12.0. The van der Waals surface area contributed by atoms with Gasteiger partial charge in [0.1, 0.15) is 11.2 Å². The van der Waals surface area contributed by atoms with Gasteiger partial charge in [0.25, 0.3) is 0 Å². The summed E-state index contributed by atoms with van der Waals surface area (Å²) in [4.78, 5) is 0. The van der Waals surface area contributed by atoms with E-state index in [0.717, 1.165) is 0 Å². The van der Waals surface area contributed by atoms with E-state index in [4.69, 9.17) is 25.0 Å². The molecule has 1 aromatic heterocycles. The fraction of sp³-hybridized carbons (Fsp3) is 0. The Morgan fingerprint density at radius 3 is 1.49 bits per heavy atom. The molecule has 0 aliphatic rings. The van der Waals surface area contributed by atoms with Crippen molar-refractivity contribution >= 4 is 54.3 Å². The minimum atomic E-state index is -1.01. The zero-order valence-electron chi connectivity index (χ0n) is 47.4. The third-order valence-electron chi connectivity index (χ3n) is 6.89. The van der Waals surface area contributed by atoms with Crippen molar-refractivity contribution in [2.45, 2.75) is 0 Å². The fourth-order valence-corrected chi connectivity index (χ4v) is 5.05. The van der Waals surface area contributed by atoms with Crippen LogP contribution >= 0.6 is 0 Å². The van der Waals surface area contributed by atoms with Gasteiger partial charge in [-0.3, -0.25) is 0 Å². The van der Waals surface area contributed by atoms with Crippen molar-refractivity contribution in [1.82, 2.24) is 0 Å². The third kappa shape index (κ3) is 3.79. The van der Waals surface area contributed by atoms with Crippen molar-refractivity contribution < 1.29 is 40.1 Å². The van der Waals surface area contributed by atoms with Gasteiger partial charge in [0, 0.05) is 10.8 Å². The predicted molar refractivity (Wildman–Crippen MR) is 183 cm³/mol. The lowest BCUT2D eigenvalue weighted by molar-refractivity contribution is 0.669. The molecular weight excluding hydrogens is 520 g/mol. The number of rotatable bonds is 3. The largest absolute Gasteiger partial charge is 0.456 e. The lowest BCUT2D eigenvalue weighted by Crippen LogP contribution is -1.91. The van der Waals surface area contributed by atoms with Crippen LogP contribution in [0.25, 0.3) is 87.6 Å². The van der Waals surface area contributed by atoms with Crippen molar-refractivity contribution in [2.24, 2.45) is 0 Å². The Morgan fingerprint density at radius 2 is 0.814 bits per heavy atom. The average molecular weight is 573 g/mol. The molecule has 0 bridgehead atoms. The second-order valence-electron chi connectivity index (χ2n) is 9.26. The van der Waals surface area contributed by atoms with E-state index < -0.39 is 239 Å². The van der Waals surface area contributed by atoms with Crippen molar-refractivity contribution in [2.75, 3.05) is 0 Å². The fourth-order valence-electron chi connectivity index (χ4n) is 5.05. The molecule has 0 atom stereocenters. The second kappa shape index (κ2) is 9.44. The van der Waals surface area contributed by atoms with Crippen LogP contribution in [0.3, 0.4) is 0 Å². The molecule has 0 aliphatic heterocycles. The van der Waals surface area contributed by atoms with Crippen LogP contribution in [0.5, 0.6) is 0 Å². The summed E-state index contributed by atoms with van der Waals surface area (Å²) in [6, 6.07) is -23.3. The highest BCUT2D eigenvalue weighted by molar-refractivity contribution is 6.22. The third-order valence-corrected chi connectivity index (χ3v) is 6.89. The number of para-hydroxylation sites is 1. The second-order valence-corrected chi connectivity index (χ2v) is 9.26. The number of hydrogen-bond donors (Lipinski definition) is 0. The summed E-state index contributed by atoms with van der Waals surface area (Å²) < 4.78 is 237. The Labute approximate surface area is 285 Å². The molecule has 0 spiro atoms. The first-order valence-electron chi connectivity index (χ1n) is 25.7. The molecule has 9 rings (SSSR count). The van der Waals surface area contributed by atoms with E-state index in [1.807, 2.05) is 0 Å². The molecule has 9 aromatic rings. The summed E-state index contributed by atoms with van der Waals surface area (Å²) >= 11 is 0. The van der Waals surface area contributed by atoms with E-state index in [2.05, 4.69) is 0 Å². The van der Waals surface area contributed by atoms with E-state index in [1.165, 1.54) is 0 Å². The van der Waals surface area contributed by atoms with Gasteiger partial charge in [-0.15, -0.1) is 0 Å². The van der Waals surface area contributed by atoms with Gasteiger partial charge in [0.2, 0.25) is 0 Å². The van der Waals surface area contributed by atoms with Crippen LogP contribution in [0.4, 0.5) is 0 Å². The van der Waals surface area contributed by atoms with Crippen LogP contribution < -0.4 is 0 Å². The molecule has 1 nitrogen and oxygen atoms in total. The number of benzene rings is 8. The first kappa shape index (κ1) is 9.69. The molecule has 8 aromatic carbocycles. The number of fused-ring (bicyclic) bond motifs is 6. The monoisotopic (exact) mass is 572 g/mol. The Kier molecular flexibility index (Phi) is 2.13. The maximum absolute atomic E-state index is 9.72. The van der Waals surface area contributed by atoms with Crippen LogP contribution in [0.15, 0.2) is 162 Å². The smallest absolute Gasteiger partial charge is 0.136 e. The highest BCUT2D eigenvalue weighted by Crippen LogP contribution is 2.45. The molecule has 0 aliphatic carbocycles. The Morgan fingerprint density at radius 1 is 0.326 bits per heavy atom. The Balaban J connectivity index is 1.58. The SMILES string of the molecule is [2H]c1c([2H])c([2H])c(-c2c([2H])c([2H])c3c([2H])c([2H])c(-c4c5c([2H])c([2H])c([2H])c([2H])c5c(-c5c([2H])c([2H])c6c(oc7c([2H])c([2H])c([2H])c([2H])c76)c5[2H])c5c([2H])c([2H])c([2H])c([2H])c45)c([2H])c3c2[2H])c([2H])c1[2H]. The van der Waals surface area contributed by atoms with Crippen LogP contribution in [0, 0.1) is 0 Å². The van der Waals surface area contributed by atoms with Crippen LogP contribution in [-0.4, -0.2) is 0 Å². The first-order chi connectivity index (χ1) is 32.2. The molecule has 200 valence electrons. The maximum Gasteiger partial charge on any atom is 0.136 e. The molecule has 1 heteroatoms. The summed E-state index contributed by atoms with van der Waals surface area (Å²) in [5.41, 5.74) is -5.53. The summed E-state index contributed by atoms with van der Waals surface area (Å²) in [6.45, 7) is 0. The van der Waals surface area contributed by atoms with Gasteiger partial charge in [0.15, 0.2) is 0 Å². The molecule has 0 N–H and O–H groups in total. The van der Waals surface area contributed by atoms with Gasteiger partial charge in [-0.1, -0.05) is 127 Å². The average Bonchev–Trinajstić information content (AvgIpc) is 3.73.